The molecule has 7 nitrogen and oxygen atoms in total. The fraction of sp³-hybridized carbons (Fsp3) is 0.462. The Bertz CT molecular complexity index is 563. The zero-order valence-electron chi connectivity index (χ0n) is 11.4. The summed E-state index contributed by atoms with van der Waals surface area (Å²) in [6.45, 7) is 3.42. The van der Waals surface area contributed by atoms with Crippen LogP contribution in [0, 0.1) is 10.1 Å². The summed E-state index contributed by atoms with van der Waals surface area (Å²) >= 11 is 0. The van der Waals surface area contributed by atoms with Gasteiger partial charge in [0.05, 0.1) is 16.2 Å². The third kappa shape index (κ3) is 3.24. The first-order valence-electron chi connectivity index (χ1n) is 6.34. The molecule has 0 bridgehead atoms. The van der Waals surface area contributed by atoms with E-state index in [2.05, 4.69) is 10.6 Å². The lowest BCUT2D eigenvalue weighted by molar-refractivity contribution is -0.383. The Hall–Kier alpha value is -2.15. The van der Waals surface area contributed by atoms with Crippen LogP contribution < -0.4 is 10.6 Å². The monoisotopic (exact) mass is 279 g/mol. The van der Waals surface area contributed by atoms with Crippen LogP contribution >= 0.6 is 0 Å². The minimum atomic E-state index is -0.974. The van der Waals surface area contributed by atoms with Crippen LogP contribution in [0.25, 0.3) is 0 Å². The lowest BCUT2D eigenvalue weighted by atomic mass is 10.0. The van der Waals surface area contributed by atoms with Crippen molar-refractivity contribution in [3.05, 3.63) is 27.8 Å². The fourth-order valence-corrected chi connectivity index (χ4v) is 2.02. The first-order chi connectivity index (χ1) is 9.26. The third-order valence-electron chi connectivity index (χ3n) is 3.03. The van der Waals surface area contributed by atoms with Crippen molar-refractivity contribution in [1.29, 1.82) is 0 Å². The molecule has 3 N–H and O–H groups in total. The van der Waals surface area contributed by atoms with Crippen LogP contribution in [0.3, 0.4) is 0 Å². The number of hydrogen-bond donors (Lipinski definition) is 3. The number of benzene rings is 1. The van der Waals surface area contributed by atoms with Crippen LogP contribution in [0.2, 0.25) is 0 Å². The number of aryl methyl sites for hydroxylation is 1. The van der Waals surface area contributed by atoms with Gasteiger partial charge in [0, 0.05) is 19.0 Å². The summed E-state index contributed by atoms with van der Waals surface area (Å²) in [6.07, 6.45) is 0.923. The van der Waals surface area contributed by atoms with E-state index in [-0.39, 0.29) is 18.1 Å². The number of carbonyl (C=O) groups excluding carboxylic acids is 1. The van der Waals surface area contributed by atoms with Crippen LogP contribution in [0.4, 0.5) is 17.1 Å². The summed E-state index contributed by atoms with van der Waals surface area (Å²) < 4.78 is 0. The van der Waals surface area contributed by atoms with Gasteiger partial charge in [-0.05, 0) is 31.9 Å². The molecule has 7 heteroatoms. The number of fused-ring (bicyclic) bond motifs is 1. The Morgan fingerprint density at radius 1 is 1.45 bits per heavy atom. The molecule has 1 heterocycles. The van der Waals surface area contributed by atoms with E-state index >= 15 is 0 Å². The van der Waals surface area contributed by atoms with Crippen LogP contribution in [-0.4, -0.2) is 28.1 Å². The smallest absolute Gasteiger partial charge is 0.294 e. The van der Waals surface area contributed by atoms with Crippen molar-refractivity contribution in [3.8, 4) is 0 Å². The number of aliphatic hydroxyl groups is 1. The summed E-state index contributed by atoms with van der Waals surface area (Å²) in [5, 5.41) is 26.3. The summed E-state index contributed by atoms with van der Waals surface area (Å²) in [5.74, 6) is -0.135. The van der Waals surface area contributed by atoms with Gasteiger partial charge in [0.1, 0.15) is 5.69 Å². The molecule has 1 aliphatic heterocycles. The van der Waals surface area contributed by atoms with Gasteiger partial charge in [-0.15, -0.1) is 0 Å². The number of nitrogens with one attached hydrogen (secondary N) is 2. The zero-order chi connectivity index (χ0) is 14.9. The maximum Gasteiger partial charge on any atom is 0.294 e. The van der Waals surface area contributed by atoms with E-state index in [1.807, 2.05) is 0 Å². The van der Waals surface area contributed by atoms with Gasteiger partial charge in [-0.3, -0.25) is 14.9 Å². The molecular weight excluding hydrogens is 262 g/mol. The highest BCUT2D eigenvalue weighted by atomic mass is 16.6. The predicted molar refractivity (Wildman–Crippen MR) is 74.8 cm³/mol. The zero-order valence-corrected chi connectivity index (χ0v) is 11.4. The normalized spacial score (nSPS) is 14.4. The van der Waals surface area contributed by atoms with Crippen molar-refractivity contribution in [2.75, 3.05) is 17.2 Å². The molecular formula is C13H17N3O4. The largest absolute Gasteiger partial charge is 0.389 e. The molecule has 0 unspecified atom stereocenters. The highest BCUT2D eigenvalue weighted by molar-refractivity contribution is 5.95. The molecule has 108 valence electrons. The second kappa shape index (κ2) is 5.09. The molecule has 0 saturated carbocycles. The van der Waals surface area contributed by atoms with Gasteiger partial charge in [-0.1, -0.05) is 0 Å². The van der Waals surface area contributed by atoms with Crippen molar-refractivity contribution >= 4 is 23.0 Å². The molecule has 1 aromatic carbocycles. The number of nitro groups is 1. The van der Waals surface area contributed by atoms with Gasteiger partial charge in [0.2, 0.25) is 5.91 Å². The molecule has 1 amide bonds. The first kappa shape index (κ1) is 14.3. The Morgan fingerprint density at radius 2 is 2.15 bits per heavy atom. The number of hydrogen-bond acceptors (Lipinski definition) is 5. The number of amides is 1. The Morgan fingerprint density at radius 3 is 2.75 bits per heavy atom. The first-order valence-corrected chi connectivity index (χ1v) is 6.34. The van der Waals surface area contributed by atoms with Gasteiger partial charge < -0.3 is 15.7 Å². The molecule has 0 spiro atoms. The van der Waals surface area contributed by atoms with E-state index in [1.165, 1.54) is 6.07 Å². The van der Waals surface area contributed by atoms with Crippen LogP contribution in [0.5, 0.6) is 0 Å². The molecule has 0 aromatic heterocycles. The van der Waals surface area contributed by atoms with Crippen LogP contribution in [0.15, 0.2) is 12.1 Å². The van der Waals surface area contributed by atoms with Crippen molar-refractivity contribution in [2.24, 2.45) is 0 Å². The Balaban J connectivity index is 2.35. The SMILES string of the molecule is CC(C)(O)CNc1cc2c(cc1[N+](=O)[O-])NC(=O)CC2. The maximum absolute atomic E-state index is 11.3. The van der Waals surface area contributed by atoms with E-state index < -0.39 is 10.5 Å². The number of nitrogens with zero attached hydrogens (tertiary/aromatic N) is 1. The lowest BCUT2D eigenvalue weighted by Gasteiger charge is -2.21. The second-order valence-corrected chi connectivity index (χ2v) is 5.50. The summed E-state index contributed by atoms with van der Waals surface area (Å²) in [7, 11) is 0. The fourth-order valence-electron chi connectivity index (χ4n) is 2.02. The van der Waals surface area contributed by atoms with Crippen molar-refractivity contribution in [1.82, 2.24) is 0 Å². The van der Waals surface area contributed by atoms with Gasteiger partial charge in [-0.2, -0.15) is 0 Å². The predicted octanol–water partition coefficient (Wildman–Crippen LogP) is 1.66. The highest BCUT2D eigenvalue weighted by Crippen LogP contribution is 2.34. The number of rotatable bonds is 4. The topological polar surface area (TPSA) is 104 Å². The van der Waals surface area contributed by atoms with E-state index in [0.717, 1.165) is 5.56 Å². The van der Waals surface area contributed by atoms with Gasteiger partial charge >= 0.3 is 0 Å². The summed E-state index contributed by atoms with van der Waals surface area (Å²) in [5.41, 5.74) is 0.607. The minimum Gasteiger partial charge on any atom is -0.389 e. The number of nitro benzene ring substituents is 1. The lowest BCUT2D eigenvalue weighted by Crippen LogP contribution is -2.29. The molecule has 0 saturated heterocycles. The maximum atomic E-state index is 11.3. The molecule has 0 radical (unpaired) electrons. The molecule has 0 atom stereocenters. The Labute approximate surface area is 116 Å². The average molecular weight is 279 g/mol. The van der Waals surface area contributed by atoms with E-state index in [9.17, 15) is 20.0 Å². The summed E-state index contributed by atoms with van der Waals surface area (Å²) in [6, 6.07) is 3.03. The molecule has 1 aliphatic rings. The molecule has 0 aliphatic carbocycles. The summed E-state index contributed by atoms with van der Waals surface area (Å²) in [4.78, 5) is 21.9. The average Bonchev–Trinajstić information content (AvgIpc) is 2.34. The van der Waals surface area contributed by atoms with E-state index in [0.29, 0.717) is 24.2 Å². The van der Waals surface area contributed by atoms with E-state index in [4.69, 9.17) is 0 Å². The van der Waals surface area contributed by atoms with Crippen molar-refractivity contribution in [3.63, 3.8) is 0 Å². The van der Waals surface area contributed by atoms with Crippen LogP contribution in [0.1, 0.15) is 25.8 Å². The minimum absolute atomic E-state index is 0.116. The van der Waals surface area contributed by atoms with Crippen LogP contribution in [-0.2, 0) is 11.2 Å². The second-order valence-electron chi connectivity index (χ2n) is 5.50. The quantitative estimate of drug-likeness (QED) is 0.574. The van der Waals surface area contributed by atoms with Gasteiger partial charge in [0.25, 0.3) is 5.69 Å². The molecule has 20 heavy (non-hydrogen) atoms. The third-order valence-corrected chi connectivity index (χ3v) is 3.03. The molecule has 0 fully saturated rings. The van der Waals surface area contributed by atoms with Gasteiger partial charge in [-0.25, -0.2) is 0 Å². The molecule has 1 aromatic rings. The number of anilines is 2. The Kier molecular flexibility index (Phi) is 3.63. The van der Waals surface area contributed by atoms with Gasteiger partial charge in [0.15, 0.2) is 0 Å². The highest BCUT2D eigenvalue weighted by Gasteiger charge is 2.23. The van der Waals surface area contributed by atoms with Crippen molar-refractivity contribution in [2.45, 2.75) is 32.3 Å². The van der Waals surface area contributed by atoms with E-state index in [1.54, 1.807) is 19.9 Å². The van der Waals surface area contributed by atoms with Crippen molar-refractivity contribution < 1.29 is 14.8 Å². The number of carbonyl (C=O) groups is 1. The molecule has 2 rings (SSSR count). The standard InChI is InChI=1S/C13H17N3O4/c1-13(2,18)7-14-10-5-8-3-4-12(17)15-9(8)6-11(10)16(19)20/h5-6,14,18H,3-4,7H2,1-2H3,(H,15,17).